The van der Waals surface area contributed by atoms with Gasteiger partial charge in [-0.3, -0.25) is 9.36 Å². The van der Waals surface area contributed by atoms with E-state index in [-0.39, 0.29) is 5.56 Å². The van der Waals surface area contributed by atoms with E-state index in [4.69, 9.17) is 16.6 Å². The van der Waals surface area contributed by atoms with Crippen LogP contribution in [0.15, 0.2) is 64.5 Å². The van der Waals surface area contributed by atoms with E-state index >= 15 is 0 Å². The van der Waals surface area contributed by atoms with E-state index in [1.807, 2.05) is 42.5 Å². The lowest BCUT2D eigenvalue weighted by Gasteiger charge is -2.10. The second kappa shape index (κ2) is 9.02. The Bertz CT molecular complexity index is 1540. The van der Waals surface area contributed by atoms with Gasteiger partial charge in [0.2, 0.25) is 0 Å². The van der Waals surface area contributed by atoms with Crippen molar-refractivity contribution in [1.82, 2.24) is 24.7 Å². The predicted octanol–water partition coefficient (Wildman–Crippen LogP) is 5.73. The largest absolute Gasteiger partial charge is 0.309 e. The Morgan fingerprint density at radius 2 is 1.88 bits per heavy atom. The van der Waals surface area contributed by atoms with E-state index in [2.05, 4.69) is 31.9 Å². The maximum absolute atomic E-state index is 12.8. The average molecular weight is 506 g/mol. The number of aromatic nitrogens is 5. The van der Waals surface area contributed by atoms with Crippen molar-refractivity contribution in [2.24, 2.45) is 0 Å². The third-order valence-electron chi connectivity index (χ3n) is 5.96. The molecule has 3 heterocycles. The van der Waals surface area contributed by atoms with Gasteiger partial charge in [0, 0.05) is 15.5 Å². The Hall–Kier alpha value is -2.94. The Morgan fingerprint density at radius 3 is 2.71 bits per heavy atom. The summed E-state index contributed by atoms with van der Waals surface area (Å²) in [5.74, 6) is 1.93. The van der Waals surface area contributed by atoms with E-state index in [0.29, 0.717) is 23.1 Å². The number of fused-ring (bicyclic) bond motifs is 3. The van der Waals surface area contributed by atoms with E-state index in [1.54, 1.807) is 11.3 Å². The maximum atomic E-state index is 12.8. The molecule has 3 aromatic heterocycles. The number of nitrogens with one attached hydrogen (secondary N) is 1. The molecule has 0 atom stereocenters. The monoisotopic (exact) mass is 505 g/mol. The number of H-pyrrole nitrogens is 1. The Labute approximate surface area is 209 Å². The van der Waals surface area contributed by atoms with Crippen LogP contribution in [0.3, 0.4) is 0 Å². The number of thioether (sulfide) groups is 1. The number of thiophene rings is 1. The van der Waals surface area contributed by atoms with Crippen LogP contribution in [-0.4, -0.2) is 24.7 Å². The van der Waals surface area contributed by atoms with Gasteiger partial charge in [-0.2, -0.15) is 0 Å². The SMILES string of the molecule is O=c1[nH]c(CSc2nnc(-c3ccc(Cl)cc3)n2Cc2ccccc2)nc2sc3c(c12)CCC3. The molecule has 34 heavy (non-hydrogen) atoms. The highest BCUT2D eigenvalue weighted by Crippen LogP contribution is 2.35. The lowest BCUT2D eigenvalue weighted by atomic mass is 10.2. The van der Waals surface area contributed by atoms with Gasteiger partial charge >= 0.3 is 0 Å². The molecule has 5 aromatic rings. The summed E-state index contributed by atoms with van der Waals surface area (Å²) in [5.41, 5.74) is 3.26. The number of aromatic amines is 1. The quantitative estimate of drug-likeness (QED) is 0.298. The van der Waals surface area contributed by atoms with Gasteiger partial charge in [0.1, 0.15) is 10.7 Å². The maximum Gasteiger partial charge on any atom is 0.259 e. The highest BCUT2D eigenvalue weighted by atomic mass is 35.5. The molecule has 9 heteroatoms. The molecule has 0 fully saturated rings. The first-order valence-corrected chi connectivity index (χ1v) is 13.2. The van der Waals surface area contributed by atoms with Crippen LogP contribution in [0.2, 0.25) is 5.02 Å². The zero-order valence-corrected chi connectivity index (χ0v) is 20.5. The third kappa shape index (κ3) is 4.06. The number of hydrogen-bond donors (Lipinski definition) is 1. The molecule has 1 aliphatic carbocycles. The van der Waals surface area contributed by atoms with Gasteiger partial charge in [-0.05, 0) is 54.7 Å². The molecule has 6 rings (SSSR count). The Kier molecular flexibility index (Phi) is 5.72. The smallest absolute Gasteiger partial charge is 0.259 e. The zero-order chi connectivity index (χ0) is 23.1. The van der Waals surface area contributed by atoms with E-state index < -0.39 is 0 Å². The number of halogens is 1. The van der Waals surface area contributed by atoms with Crippen LogP contribution in [-0.2, 0) is 25.1 Å². The molecule has 0 radical (unpaired) electrons. The van der Waals surface area contributed by atoms with Crippen LogP contribution in [0, 0.1) is 0 Å². The highest BCUT2D eigenvalue weighted by molar-refractivity contribution is 7.98. The van der Waals surface area contributed by atoms with Gasteiger partial charge < -0.3 is 4.98 Å². The normalized spacial score (nSPS) is 13.0. The molecule has 6 nitrogen and oxygen atoms in total. The lowest BCUT2D eigenvalue weighted by Crippen LogP contribution is -2.11. The highest BCUT2D eigenvalue weighted by Gasteiger charge is 2.21. The summed E-state index contributed by atoms with van der Waals surface area (Å²) in [5, 5.41) is 11.2. The molecule has 0 spiro atoms. The molecule has 0 saturated heterocycles. The summed E-state index contributed by atoms with van der Waals surface area (Å²) in [6.07, 6.45) is 3.15. The van der Waals surface area contributed by atoms with Crippen LogP contribution in [0.25, 0.3) is 21.6 Å². The summed E-state index contributed by atoms with van der Waals surface area (Å²) in [7, 11) is 0. The number of hydrogen-bond acceptors (Lipinski definition) is 6. The molecule has 1 N–H and O–H groups in total. The van der Waals surface area contributed by atoms with Crippen molar-refractivity contribution in [3.05, 3.63) is 91.8 Å². The van der Waals surface area contributed by atoms with Crippen molar-refractivity contribution in [2.75, 3.05) is 0 Å². The first kappa shape index (κ1) is 21.6. The van der Waals surface area contributed by atoms with E-state index in [0.717, 1.165) is 51.6 Å². The third-order valence-corrected chi connectivity index (χ3v) is 8.38. The number of nitrogens with zero attached hydrogens (tertiary/aromatic N) is 4. The second-order valence-corrected chi connectivity index (χ2v) is 10.7. The molecule has 0 bridgehead atoms. The van der Waals surface area contributed by atoms with Gasteiger partial charge in [0.05, 0.1) is 17.7 Å². The van der Waals surface area contributed by atoms with Gasteiger partial charge in [-0.1, -0.05) is 53.7 Å². The van der Waals surface area contributed by atoms with Crippen molar-refractivity contribution in [2.45, 2.75) is 36.7 Å². The molecule has 1 aliphatic rings. The standard InChI is InChI=1S/C25H20ClN5OS2/c26-17-11-9-16(10-12-17)22-29-30-25(31(22)13-15-5-2-1-3-6-15)33-14-20-27-23(32)21-18-7-4-8-19(18)34-24(21)28-20/h1-3,5-6,9-12H,4,7-8,13-14H2,(H,27,28,32). The second-order valence-electron chi connectivity index (χ2n) is 8.22. The molecular formula is C25H20ClN5OS2. The summed E-state index contributed by atoms with van der Waals surface area (Å²) in [4.78, 5) is 22.7. The van der Waals surface area contributed by atoms with E-state index in [1.165, 1.54) is 22.2 Å². The molecule has 0 saturated carbocycles. The van der Waals surface area contributed by atoms with Crippen molar-refractivity contribution in [3.8, 4) is 11.4 Å². The first-order valence-electron chi connectivity index (χ1n) is 11.0. The van der Waals surface area contributed by atoms with Crippen molar-refractivity contribution < 1.29 is 0 Å². The molecule has 0 unspecified atom stereocenters. The molecule has 0 aliphatic heterocycles. The molecule has 0 amide bonds. The van der Waals surface area contributed by atoms with Gasteiger partial charge in [-0.15, -0.1) is 21.5 Å². The van der Waals surface area contributed by atoms with Crippen LogP contribution >= 0.6 is 34.7 Å². The molecular weight excluding hydrogens is 486 g/mol. The minimum absolute atomic E-state index is 0.0346. The first-order chi connectivity index (χ1) is 16.7. The van der Waals surface area contributed by atoms with Crippen LogP contribution in [0.5, 0.6) is 0 Å². The summed E-state index contributed by atoms with van der Waals surface area (Å²) < 4.78 is 2.10. The van der Waals surface area contributed by atoms with Crippen molar-refractivity contribution in [1.29, 1.82) is 0 Å². The fraction of sp³-hybridized carbons (Fsp3) is 0.200. The lowest BCUT2D eigenvalue weighted by molar-refractivity contribution is 0.714. The number of aryl methyl sites for hydroxylation is 2. The van der Waals surface area contributed by atoms with Gasteiger partial charge in [0.25, 0.3) is 5.56 Å². The van der Waals surface area contributed by atoms with E-state index in [9.17, 15) is 4.79 Å². The minimum atomic E-state index is -0.0346. The zero-order valence-electron chi connectivity index (χ0n) is 18.1. The van der Waals surface area contributed by atoms with Crippen LogP contribution in [0.4, 0.5) is 0 Å². The fourth-order valence-electron chi connectivity index (χ4n) is 4.36. The molecule has 170 valence electrons. The summed E-state index contributed by atoms with van der Waals surface area (Å²) >= 11 is 9.27. The topological polar surface area (TPSA) is 76.5 Å². The summed E-state index contributed by atoms with van der Waals surface area (Å²) in [6, 6.07) is 17.8. The Morgan fingerprint density at radius 1 is 1.06 bits per heavy atom. The van der Waals surface area contributed by atoms with Crippen molar-refractivity contribution in [3.63, 3.8) is 0 Å². The van der Waals surface area contributed by atoms with Gasteiger partial charge in [-0.25, -0.2) is 4.98 Å². The number of rotatable bonds is 6. The van der Waals surface area contributed by atoms with Crippen LogP contribution in [0.1, 0.15) is 28.2 Å². The van der Waals surface area contributed by atoms with Crippen LogP contribution < -0.4 is 5.56 Å². The Balaban J connectivity index is 1.32. The fourth-order valence-corrected chi connectivity index (χ4v) is 6.58. The van der Waals surface area contributed by atoms with Gasteiger partial charge in [0.15, 0.2) is 11.0 Å². The number of benzene rings is 2. The average Bonchev–Trinajstić information content (AvgIpc) is 3.54. The molecule has 2 aromatic carbocycles. The predicted molar refractivity (Wildman–Crippen MR) is 138 cm³/mol. The minimum Gasteiger partial charge on any atom is -0.309 e. The summed E-state index contributed by atoms with van der Waals surface area (Å²) in [6.45, 7) is 0.634. The van der Waals surface area contributed by atoms with Crippen molar-refractivity contribution >= 4 is 44.9 Å².